The summed E-state index contributed by atoms with van der Waals surface area (Å²) in [6.07, 6.45) is 0.379. The van der Waals surface area contributed by atoms with Crippen LogP contribution in [0, 0.1) is 6.92 Å². The van der Waals surface area contributed by atoms with Crippen molar-refractivity contribution in [2.45, 2.75) is 59.3 Å². The van der Waals surface area contributed by atoms with Crippen molar-refractivity contribution in [3.05, 3.63) is 65.9 Å². The number of para-hydroxylation sites is 1. The largest absolute Gasteiger partial charge is 0.497 e. The van der Waals surface area contributed by atoms with Crippen LogP contribution in [0.2, 0.25) is 0 Å². The molecule has 2 aromatic carbocycles. The van der Waals surface area contributed by atoms with Crippen molar-refractivity contribution >= 4 is 0 Å². The number of rotatable bonds is 12. The van der Waals surface area contributed by atoms with Gasteiger partial charge in [-0.1, -0.05) is 25.1 Å². The summed E-state index contributed by atoms with van der Waals surface area (Å²) in [5.74, 6) is 2.14. The Morgan fingerprint density at radius 1 is 1.03 bits per heavy atom. The van der Waals surface area contributed by atoms with Gasteiger partial charge in [0.1, 0.15) is 11.5 Å². The zero-order valence-corrected chi connectivity index (χ0v) is 21.8. The smallest absolute Gasteiger partial charge is 0.227 e. The molecule has 3 rings (SSSR count). The number of nitrogens with zero attached hydrogens (tertiary/aromatic N) is 3. The molecule has 0 aliphatic heterocycles. The minimum absolute atomic E-state index is 0.288. The van der Waals surface area contributed by atoms with Crippen molar-refractivity contribution in [3.63, 3.8) is 0 Å². The maximum Gasteiger partial charge on any atom is 0.227 e. The molecule has 1 atom stereocenters. The third-order valence-electron chi connectivity index (χ3n) is 5.51. The van der Waals surface area contributed by atoms with E-state index in [-0.39, 0.29) is 5.60 Å². The van der Waals surface area contributed by atoms with E-state index in [2.05, 4.69) is 11.8 Å². The highest BCUT2D eigenvalue weighted by Gasteiger charge is 2.23. The molecule has 0 fully saturated rings. The molecule has 0 bridgehead atoms. The standard InChI is InChI=1S/C28H39N3O4/c1-7-17-30(18-23(32)20-34-28(3,4)5)19-26-21(2)29-31(22-11-9-8-10-12-22)27(26)35-25-15-13-24(33-6)14-16-25/h8-16,23,32H,7,17-20H2,1-6H3/t23-/m0/s1. The van der Waals surface area contributed by atoms with Gasteiger partial charge in [-0.05, 0) is 77.1 Å². The van der Waals surface area contributed by atoms with Gasteiger partial charge in [0.15, 0.2) is 0 Å². The van der Waals surface area contributed by atoms with E-state index in [1.807, 2.05) is 87.0 Å². The first-order chi connectivity index (χ1) is 16.7. The maximum absolute atomic E-state index is 10.7. The molecule has 0 saturated carbocycles. The van der Waals surface area contributed by atoms with Gasteiger partial charge < -0.3 is 19.3 Å². The van der Waals surface area contributed by atoms with Crippen LogP contribution >= 0.6 is 0 Å². The van der Waals surface area contributed by atoms with Gasteiger partial charge in [0, 0.05) is 13.1 Å². The van der Waals surface area contributed by atoms with Crippen molar-refractivity contribution in [2.75, 3.05) is 26.8 Å². The molecule has 190 valence electrons. The number of hydrogen-bond donors (Lipinski definition) is 1. The number of aliphatic hydroxyl groups is 1. The van der Waals surface area contributed by atoms with Crippen LogP contribution in [0.1, 0.15) is 45.4 Å². The number of aliphatic hydroxyl groups excluding tert-OH is 1. The van der Waals surface area contributed by atoms with E-state index < -0.39 is 6.10 Å². The summed E-state index contributed by atoms with van der Waals surface area (Å²) in [7, 11) is 1.64. The zero-order chi connectivity index (χ0) is 25.4. The van der Waals surface area contributed by atoms with Crippen molar-refractivity contribution in [3.8, 4) is 23.1 Å². The van der Waals surface area contributed by atoms with Gasteiger partial charge in [-0.15, -0.1) is 0 Å². The molecular weight excluding hydrogens is 442 g/mol. The number of ether oxygens (including phenoxy) is 3. The summed E-state index contributed by atoms with van der Waals surface area (Å²) < 4.78 is 19.4. The number of aryl methyl sites for hydroxylation is 1. The van der Waals surface area contributed by atoms with Gasteiger partial charge in [-0.2, -0.15) is 5.10 Å². The highest BCUT2D eigenvalue weighted by molar-refractivity contribution is 5.44. The molecule has 7 nitrogen and oxygen atoms in total. The second kappa shape index (κ2) is 12.2. The monoisotopic (exact) mass is 481 g/mol. The number of methoxy groups -OCH3 is 1. The van der Waals surface area contributed by atoms with Crippen LogP contribution in [0.3, 0.4) is 0 Å². The summed E-state index contributed by atoms with van der Waals surface area (Å²) >= 11 is 0. The summed E-state index contributed by atoms with van der Waals surface area (Å²) in [5, 5.41) is 15.5. The average molecular weight is 482 g/mol. The van der Waals surface area contributed by atoms with Gasteiger partial charge in [0.2, 0.25) is 5.88 Å². The minimum atomic E-state index is -0.587. The second-order valence-electron chi connectivity index (χ2n) is 9.71. The third-order valence-corrected chi connectivity index (χ3v) is 5.51. The molecule has 0 radical (unpaired) electrons. The van der Waals surface area contributed by atoms with Crippen molar-refractivity contribution in [1.29, 1.82) is 0 Å². The van der Waals surface area contributed by atoms with E-state index in [1.165, 1.54) is 0 Å². The fraction of sp³-hybridized carbons (Fsp3) is 0.464. The van der Waals surface area contributed by atoms with Crippen LogP contribution in [-0.4, -0.2) is 58.3 Å². The maximum atomic E-state index is 10.7. The van der Waals surface area contributed by atoms with Gasteiger partial charge in [-0.25, -0.2) is 4.68 Å². The Bertz CT molecular complexity index is 1040. The summed E-state index contributed by atoms with van der Waals surface area (Å²) in [6, 6.07) is 17.5. The van der Waals surface area contributed by atoms with Gasteiger partial charge in [0.25, 0.3) is 0 Å². The summed E-state index contributed by atoms with van der Waals surface area (Å²) in [5.41, 5.74) is 2.51. The van der Waals surface area contributed by atoms with Crippen LogP contribution in [-0.2, 0) is 11.3 Å². The summed E-state index contributed by atoms with van der Waals surface area (Å²) in [6.45, 7) is 12.4. The molecule has 0 aliphatic rings. The van der Waals surface area contributed by atoms with E-state index in [1.54, 1.807) is 7.11 Å². The van der Waals surface area contributed by atoms with Crippen molar-refractivity contribution < 1.29 is 19.3 Å². The quantitative estimate of drug-likeness (QED) is 0.375. The fourth-order valence-electron chi connectivity index (χ4n) is 3.80. The molecule has 1 heterocycles. The molecule has 0 saturated heterocycles. The van der Waals surface area contributed by atoms with Gasteiger partial charge in [-0.3, -0.25) is 4.90 Å². The molecule has 0 aliphatic carbocycles. The molecule has 0 unspecified atom stereocenters. The SMILES string of the molecule is CCCN(Cc1c(C)nn(-c2ccccc2)c1Oc1ccc(OC)cc1)C[C@H](O)COC(C)(C)C. The lowest BCUT2D eigenvalue weighted by Gasteiger charge is -2.27. The zero-order valence-electron chi connectivity index (χ0n) is 21.8. The lowest BCUT2D eigenvalue weighted by Crippen LogP contribution is -2.37. The first-order valence-corrected chi connectivity index (χ1v) is 12.2. The normalized spacial score (nSPS) is 12.7. The van der Waals surface area contributed by atoms with E-state index in [9.17, 15) is 5.11 Å². The van der Waals surface area contributed by atoms with E-state index in [0.717, 1.165) is 35.7 Å². The van der Waals surface area contributed by atoms with E-state index in [4.69, 9.17) is 19.3 Å². The van der Waals surface area contributed by atoms with Crippen LogP contribution in [0.15, 0.2) is 54.6 Å². The minimum Gasteiger partial charge on any atom is -0.497 e. The van der Waals surface area contributed by atoms with Crippen LogP contribution in [0.5, 0.6) is 17.4 Å². The Labute approximate surface area is 209 Å². The van der Waals surface area contributed by atoms with Crippen LogP contribution < -0.4 is 9.47 Å². The first-order valence-electron chi connectivity index (χ1n) is 12.2. The summed E-state index contributed by atoms with van der Waals surface area (Å²) in [4.78, 5) is 2.23. The lowest BCUT2D eigenvalue weighted by atomic mass is 10.2. The van der Waals surface area contributed by atoms with Crippen LogP contribution in [0.25, 0.3) is 5.69 Å². The molecule has 35 heavy (non-hydrogen) atoms. The van der Waals surface area contributed by atoms with Crippen molar-refractivity contribution in [2.24, 2.45) is 0 Å². The van der Waals surface area contributed by atoms with Crippen molar-refractivity contribution in [1.82, 2.24) is 14.7 Å². The Morgan fingerprint density at radius 2 is 1.69 bits per heavy atom. The molecule has 7 heteroatoms. The molecular formula is C28H39N3O4. The molecule has 1 N–H and O–H groups in total. The average Bonchev–Trinajstić information content (AvgIpc) is 3.13. The predicted octanol–water partition coefficient (Wildman–Crippen LogP) is 5.37. The second-order valence-corrected chi connectivity index (χ2v) is 9.71. The highest BCUT2D eigenvalue weighted by atomic mass is 16.5. The predicted molar refractivity (Wildman–Crippen MR) is 139 cm³/mol. The number of aromatic nitrogens is 2. The Balaban J connectivity index is 1.90. The molecule has 3 aromatic rings. The molecule has 0 spiro atoms. The lowest BCUT2D eigenvalue weighted by molar-refractivity contribution is -0.0567. The Hall–Kier alpha value is -2.87. The first kappa shape index (κ1) is 26.7. The van der Waals surface area contributed by atoms with E-state index in [0.29, 0.717) is 31.3 Å². The number of benzene rings is 2. The fourth-order valence-corrected chi connectivity index (χ4v) is 3.80. The Morgan fingerprint density at radius 3 is 2.29 bits per heavy atom. The molecule has 0 amide bonds. The highest BCUT2D eigenvalue weighted by Crippen LogP contribution is 2.32. The van der Waals surface area contributed by atoms with E-state index >= 15 is 0 Å². The van der Waals surface area contributed by atoms with Gasteiger partial charge in [0.05, 0.1) is 42.4 Å². The topological polar surface area (TPSA) is 69.0 Å². The Kier molecular flexibility index (Phi) is 9.32. The molecule has 1 aromatic heterocycles. The van der Waals surface area contributed by atoms with Gasteiger partial charge >= 0.3 is 0 Å². The van der Waals surface area contributed by atoms with Crippen LogP contribution in [0.4, 0.5) is 0 Å². The number of hydrogen-bond acceptors (Lipinski definition) is 6. The third kappa shape index (κ3) is 7.82.